The lowest BCUT2D eigenvalue weighted by Gasteiger charge is -2.21. The second kappa shape index (κ2) is 10.9. The van der Waals surface area contributed by atoms with Gasteiger partial charge in [0.2, 0.25) is 0 Å². The van der Waals surface area contributed by atoms with Crippen molar-refractivity contribution in [3.8, 4) is 5.75 Å². The molecule has 0 aliphatic rings. The molecule has 1 amide bonds. The SMILES string of the molecule is CCCCOc1ccc(C(=O)N(CCCN(C)C)c2nc3ccc(Br)cc3s2)cc1. The van der Waals surface area contributed by atoms with Crippen LogP contribution < -0.4 is 9.64 Å². The summed E-state index contributed by atoms with van der Waals surface area (Å²) >= 11 is 5.06. The summed E-state index contributed by atoms with van der Waals surface area (Å²) in [6.07, 6.45) is 2.99. The zero-order valence-electron chi connectivity index (χ0n) is 17.7. The number of amides is 1. The number of rotatable bonds is 10. The van der Waals surface area contributed by atoms with Crippen molar-refractivity contribution in [1.82, 2.24) is 9.88 Å². The molecule has 0 aliphatic carbocycles. The van der Waals surface area contributed by atoms with E-state index in [1.807, 2.05) is 56.6 Å². The predicted octanol–water partition coefficient (Wildman–Crippen LogP) is 5.84. The first-order valence-electron chi connectivity index (χ1n) is 10.2. The maximum atomic E-state index is 13.4. The van der Waals surface area contributed by atoms with Gasteiger partial charge < -0.3 is 9.64 Å². The fourth-order valence-corrected chi connectivity index (χ4v) is 4.56. The number of carbonyl (C=O) groups excluding carboxylic acids is 1. The third-order valence-corrected chi connectivity index (χ3v) is 6.20. The molecule has 0 N–H and O–H groups in total. The molecule has 0 unspecified atom stereocenters. The van der Waals surface area contributed by atoms with Gasteiger partial charge in [0.25, 0.3) is 5.91 Å². The van der Waals surface area contributed by atoms with Gasteiger partial charge in [0, 0.05) is 16.6 Å². The normalized spacial score (nSPS) is 11.2. The van der Waals surface area contributed by atoms with Gasteiger partial charge in [-0.05, 0) is 75.9 Å². The van der Waals surface area contributed by atoms with E-state index < -0.39 is 0 Å². The van der Waals surface area contributed by atoms with E-state index in [9.17, 15) is 4.79 Å². The van der Waals surface area contributed by atoms with Crippen molar-refractivity contribution in [2.45, 2.75) is 26.2 Å². The summed E-state index contributed by atoms with van der Waals surface area (Å²) in [7, 11) is 4.08. The second-order valence-corrected chi connectivity index (χ2v) is 9.37. The Balaban J connectivity index is 1.82. The van der Waals surface area contributed by atoms with E-state index in [4.69, 9.17) is 9.72 Å². The lowest BCUT2D eigenvalue weighted by Crippen LogP contribution is -2.33. The van der Waals surface area contributed by atoms with E-state index in [1.165, 1.54) is 0 Å². The van der Waals surface area contributed by atoms with Gasteiger partial charge in [-0.3, -0.25) is 9.69 Å². The quantitative estimate of drug-likeness (QED) is 0.335. The number of unbranched alkanes of at least 4 members (excludes halogenated alkanes) is 1. The molecule has 30 heavy (non-hydrogen) atoms. The molecule has 1 aromatic heterocycles. The summed E-state index contributed by atoms with van der Waals surface area (Å²) in [5.74, 6) is 0.760. The minimum atomic E-state index is -0.0352. The highest BCUT2D eigenvalue weighted by atomic mass is 79.9. The van der Waals surface area contributed by atoms with Crippen LogP contribution in [0.25, 0.3) is 10.2 Å². The molecule has 0 saturated carbocycles. The highest BCUT2D eigenvalue weighted by Crippen LogP contribution is 2.32. The van der Waals surface area contributed by atoms with Crippen LogP contribution in [-0.2, 0) is 0 Å². The number of fused-ring (bicyclic) bond motifs is 1. The van der Waals surface area contributed by atoms with Crippen LogP contribution in [0.3, 0.4) is 0 Å². The Morgan fingerprint density at radius 3 is 2.57 bits per heavy atom. The van der Waals surface area contributed by atoms with Gasteiger partial charge in [-0.2, -0.15) is 0 Å². The summed E-state index contributed by atoms with van der Waals surface area (Å²) in [6, 6.07) is 13.4. The summed E-state index contributed by atoms with van der Waals surface area (Å²) < 4.78 is 7.79. The van der Waals surface area contributed by atoms with Crippen molar-refractivity contribution in [3.63, 3.8) is 0 Å². The molecule has 0 spiro atoms. The second-order valence-electron chi connectivity index (χ2n) is 7.45. The summed E-state index contributed by atoms with van der Waals surface area (Å²) in [5, 5.41) is 0.732. The van der Waals surface area contributed by atoms with E-state index in [1.54, 1.807) is 16.2 Å². The zero-order chi connectivity index (χ0) is 21.5. The van der Waals surface area contributed by atoms with Gasteiger partial charge in [0.1, 0.15) is 5.75 Å². The first-order valence-corrected chi connectivity index (χ1v) is 11.8. The molecular formula is C23H28BrN3O2S. The highest BCUT2D eigenvalue weighted by molar-refractivity contribution is 9.10. The van der Waals surface area contributed by atoms with E-state index in [0.29, 0.717) is 18.7 Å². The molecule has 3 aromatic rings. The van der Waals surface area contributed by atoms with Crippen molar-refractivity contribution in [2.75, 3.05) is 38.7 Å². The van der Waals surface area contributed by atoms with Crippen LogP contribution in [0.1, 0.15) is 36.5 Å². The average Bonchev–Trinajstić information content (AvgIpc) is 3.14. The Morgan fingerprint density at radius 2 is 1.87 bits per heavy atom. The van der Waals surface area contributed by atoms with E-state index in [2.05, 4.69) is 27.8 Å². The number of thiazole rings is 1. The monoisotopic (exact) mass is 489 g/mol. The van der Waals surface area contributed by atoms with Crippen LogP contribution in [0.4, 0.5) is 5.13 Å². The van der Waals surface area contributed by atoms with Crippen LogP contribution in [0.15, 0.2) is 46.9 Å². The average molecular weight is 490 g/mol. The van der Waals surface area contributed by atoms with E-state index >= 15 is 0 Å². The lowest BCUT2D eigenvalue weighted by molar-refractivity contribution is 0.0986. The van der Waals surface area contributed by atoms with Gasteiger partial charge in [-0.25, -0.2) is 4.98 Å². The third kappa shape index (κ3) is 6.03. The Bertz CT molecular complexity index is 972. The smallest absolute Gasteiger partial charge is 0.260 e. The third-order valence-electron chi connectivity index (χ3n) is 4.67. The van der Waals surface area contributed by atoms with Crippen LogP contribution in [0, 0.1) is 0 Å². The number of hydrogen-bond donors (Lipinski definition) is 0. The largest absolute Gasteiger partial charge is 0.494 e. The number of ether oxygens (including phenoxy) is 1. The molecule has 0 fully saturated rings. The number of aromatic nitrogens is 1. The van der Waals surface area contributed by atoms with E-state index in [-0.39, 0.29) is 5.91 Å². The Kier molecular flexibility index (Phi) is 8.24. The van der Waals surface area contributed by atoms with Gasteiger partial charge in [0.05, 0.1) is 16.8 Å². The van der Waals surface area contributed by atoms with Gasteiger partial charge in [-0.15, -0.1) is 0 Å². The van der Waals surface area contributed by atoms with Crippen molar-refractivity contribution < 1.29 is 9.53 Å². The summed E-state index contributed by atoms with van der Waals surface area (Å²) in [4.78, 5) is 22.0. The number of nitrogens with zero attached hydrogens (tertiary/aromatic N) is 3. The molecule has 2 aromatic carbocycles. The van der Waals surface area contributed by atoms with E-state index in [0.717, 1.165) is 51.4 Å². The lowest BCUT2D eigenvalue weighted by atomic mass is 10.2. The van der Waals surface area contributed by atoms with Crippen molar-refractivity contribution in [2.24, 2.45) is 0 Å². The Hall–Kier alpha value is -1.96. The minimum Gasteiger partial charge on any atom is -0.494 e. The minimum absolute atomic E-state index is 0.0352. The molecule has 0 aliphatic heterocycles. The maximum Gasteiger partial charge on any atom is 0.260 e. The first-order chi connectivity index (χ1) is 14.5. The molecule has 0 radical (unpaired) electrons. The standard InChI is InChI=1S/C23H28BrN3O2S/c1-4-5-15-29-19-10-7-17(8-11-19)22(28)27(14-6-13-26(2)3)23-25-20-12-9-18(24)16-21(20)30-23/h7-12,16H,4-6,13-15H2,1-3H3. The molecule has 0 saturated heterocycles. The Labute approximate surface area is 190 Å². The van der Waals surface area contributed by atoms with Gasteiger partial charge >= 0.3 is 0 Å². The highest BCUT2D eigenvalue weighted by Gasteiger charge is 2.21. The molecule has 3 rings (SSSR count). The predicted molar refractivity (Wildman–Crippen MR) is 129 cm³/mol. The Morgan fingerprint density at radius 1 is 1.10 bits per heavy atom. The van der Waals surface area contributed by atoms with Gasteiger partial charge in [0.15, 0.2) is 5.13 Å². The fraction of sp³-hybridized carbons (Fsp3) is 0.391. The topological polar surface area (TPSA) is 45.7 Å². The van der Waals surface area contributed by atoms with Crippen molar-refractivity contribution in [3.05, 3.63) is 52.5 Å². The molecular weight excluding hydrogens is 462 g/mol. The summed E-state index contributed by atoms with van der Waals surface area (Å²) in [5.41, 5.74) is 1.55. The maximum absolute atomic E-state index is 13.4. The van der Waals surface area contributed by atoms with Crippen molar-refractivity contribution >= 4 is 48.5 Å². The molecule has 7 heteroatoms. The van der Waals surface area contributed by atoms with Crippen LogP contribution in [-0.4, -0.2) is 49.6 Å². The molecule has 5 nitrogen and oxygen atoms in total. The molecule has 160 valence electrons. The number of benzene rings is 2. The first kappa shape index (κ1) is 22.7. The molecule has 0 bridgehead atoms. The number of hydrogen-bond acceptors (Lipinski definition) is 5. The van der Waals surface area contributed by atoms with Crippen LogP contribution in [0.5, 0.6) is 5.75 Å². The summed E-state index contributed by atoms with van der Waals surface area (Å²) in [6.45, 7) is 4.36. The number of carbonyl (C=O) groups is 1. The zero-order valence-corrected chi connectivity index (χ0v) is 20.1. The fourth-order valence-electron chi connectivity index (χ4n) is 3.01. The van der Waals surface area contributed by atoms with Crippen LogP contribution in [0.2, 0.25) is 0 Å². The van der Waals surface area contributed by atoms with Gasteiger partial charge in [-0.1, -0.05) is 40.6 Å². The number of anilines is 1. The number of halogens is 1. The van der Waals surface area contributed by atoms with Crippen molar-refractivity contribution in [1.29, 1.82) is 0 Å². The molecule has 1 heterocycles. The van der Waals surface area contributed by atoms with Crippen LogP contribution >= 0.6 is 27.3 Å². The molecule has 0 atom stereocenters.